The van der Waals surface area contributed by atoms with Gasteiger partial charge in [-0.25, -0.2) is 0 Å². The van der Waals surface area contributed by atoms with Gasteiger partial charge in [0.05, 0.1) is 0 Å². The predicted molar refractivity (Wildman–Crippen MR) is 50.2 cm³/mol. The molecule has 1 aliphatic carbocycles. The summed E-state index contributed by atoms with van der Waals surface area (Å²) in [4.78, 5) is 11.2. The second-order valence-electron chi connectivity index (χ2n) is 4.79. The SMILES string of the molecule is C[C@@H]1CC[C@@H]2[C@@H](C)CC(=O)O[C@@H]2C1. The van der Waals surface area contributed by atoms with Crippen LogP contribution in [0.2, 0.25) is 0 Å². The third-order valence-electron chi connectivity index (χ3n) is 3.61. The highest BCUT2D eigenvalue weighted by Crippen LogP contribution is 2.39. The smallest absolute Gasteiger partial charge is 0.306 e. The zero-order valence-corrected chi connectivity index (χ0v) is 8.45. The average molecular weight is 182 g/mol. The number of hydrogen-bond acceptors (Lipinski definition) is 2. The molecule has 0 aromatic carbocycles. The molecule has 0 N–H and O–H groups in total. The van der Waals surface area contributed by atoms with Crippen LogP contribution in [0.15, 0.2) is 0 Å². The topological polar surface area (TPSA) is 26.3 Å². The molecule has 0 aromatic heterocycles. The van der Waals surface area contributed by atoms with Gasteiger partial charge in [0.2, 0.25) is 0 Å². The summed E-state index contributed by atoms with van der Waals surface area (Å²) < 4.78 is 5.39. The molecule has 0 radical (unpaired) electrons. The molecule has 2 fully saturated rings. The summed E-state index contributed by atoms with van der Waals surface area (Å²) >= 11 is 0. The van der Waals surface area contributed by atoms with Crippen molar-refractivity contribution >= 4 is 5.97 Å². The van der Waals surface area contributed by atoms with Crippen molar-refractivity contribution in [2.45, 2.75) is 45.6 Å². The number of rotatable bonds is 0. The van der Waals surface area contributed by atoms with E-state index in [1.54, 1.807) is 0 Å². The van der Waals surface area contributed by atoms with Crippen molar-refractivity contribution in [2.24, 2.45) is 17.8 Å². The van der Waals surface area contributed by atoms with Crippen molar-refractivity contribution in [1.29, 1.82) is 0 Å². The third kappa shape index (κ3) is 1.72. The van der Waals surface area contributed by atoms with E-state index in [-0.39, 0.29) is 12.1 Å². The Balaban J connectivity index is 2.06. The molecule has 2 heteroatoms. The Hall–Kier alpha value is -0.530. The lowest BCUT2D eigenvalue weighted by Gasteiger charge is -2.41. The van der Waals surface area contributed by atoms with Crippen LogP contribution >= 0.6 is 0 Å². The number of hydrogen-bond donors (Lipinski definition) is 0. The van der Waals surface area contributed by atoms with Crippen LogP contribution in [0.4, 0.5) is 0 Å². The minimum Gasteiger partial charge on any atom is -0.462 e. The first-order valence-corrected chi connectivity index (χ1v) is 5.36. The zero-order valence-electron chi connectivity index (χ0n) is 8.45. The highest BCUT2D eigenvalue weighted by atomic mass is 16.5. The molecule has 0 amide bonds. The van der Waals surface area contributed by atoms with E-state index in [9.17, 15) is 4.79 Å². The lowest BCUT2D eigenvalue weighted by Crippen LogP contribution is -2.41. The van der Waals surface area contributed by atoms with Crippen LogP contribution in [-0.2, 0) is 9.53 Å². The van der Waals surface area contributed by atoms with Gasteiger partial charge in [-0.3, -0.25) is 4.79 Å². The number of ether oxygens (including phenoxy) is 1. The fraction of sp³-hybridized carbons (Fsp3) is 0.909. The van der Waals surface area contributed by atoms with E-state index in [0.717, 1.165) is 12.3 Å². The van der Waals surface area contributed by atoms with Gasteiger partial charge < -0.3 is 4.74 Å². The molecule has 1 aliphatic heterocycles. The van der Waals surface area contributed by atoms with E-state index < -0.39 is 0 Å². The van der Waals surface area contributed by atoms with Gasteiger partial charge in [-0.05, 0) is 30.6 Å². The summed E-state index contributed by atoms with van der Waals surface area (Å²) in [6, 6.07) is 0. The molecular weight excluding hydrogens is 164 g/mol. The summed E-state index contributed by atoms with van der Waals surface area (Å²) in [5, 5.41) is 0. The van der Waals surface area contributed by atoms with Crippen molar-refractivity contribution in [3.8, 4) is 0 Å². The number of fused-ring (bicyclic) bond motifs is 1. The quantitative estimate of drug-likeness (QED) is 0.538. The van der Waals surface area contributed by atoms with Crippen LogP contribution in [-0.4, -0.2) is 12.1 Å². The Kier molecular flexibility index (Phi) is 2.31. The van der Waals surface area contributed by atoms with Gasteiger partial charge in [0.25, 0.3) is 0 Å². The molecule has 0 bridgehead atoms. The fourth-order valence-electron chi connectivity index (χ4n) is 2.77. The van der Waals surface area contributed by atoms with E-state index in [2.05, 4.69) is 13.8 Å². The molecule has 0 aromatic rings. The Morgan fingerprint density at radius 1 is 1.31 bits per heavy atom. The normalized spacial score (nSPS) is 45.2. The molecule has 13 heavy (non-hydrogen) atoms. The van der Waals surface area contributed by atoms with Crippen LogP contribution < -0.4 is 0 Å². The molecule has 74 valence electrons. The second-order valence-corrected chi connectivity index (χ2v) is 4.79. The van der Waals surface area contributed by atoms with Gasteiger partial charge >= 0.3 is 5.97 Å². The van der Waals surface area contributed by atoms with Gasteiger partial charge in [0.15, 0.2) is 0 Å². The van der Waals surface area contributed by atoms with E-state index in [1.807, 2.05) is 0 Å². The maximum Gasteiger partial charge on any atom is 0.306 e. The second kappa shape index (κ2) is 3.32. The lowest BCUT2D eigenvalue weighted by atomic mass is 9.72. The van der Waals surface area contributed by atoms with Gasteiger partial charge in [0, 0.05) is 6.42 Å². The molecule has 0 unspecified atom stereocenters. The van der Waals surface area contributed by atoms with Gasteiger partial charge in [-0.2, -0.15) is 0 Å². The van der Waals surface area contributed by atoms with Gasteiger partial charge in [-0.15, -0.1) is 0 Å². The lowest BCUT2D eigenvalue weighted by molar-refractivity contribution is -0.166. The van der Waals surface area contributed by atoms with Crippen LogP contribution in [0.1, 0.15) is 39.5 Å². The Morgan fingerprint density at radius 3 is 2.85 bits per heavy atom. The largest absolute Gasteiger partial charge is 0.462 e. The van der Waals surface area contributed by atoms with Crippen molar-refractivity contribution < 1.29 is 9.53 Å². The fourth-order valence-corrected chi connectivity index (χ4v) is 2.77. The summed E-state index contributed by atoms with van der Waals surface area (Å²) in [5.74, 6) is 1.94. The molecule has 1 saturated heterocycles. The van der Waals surface area contributed by atoms with Crippen molar-refractivity contribution in [3.05, 3.63) is 0 Å². The Bertz CT molecular complexity index is 212. The Morgan fingerprint density at radius 2 is 2.08 bits per heavy atom. The van der Waals surface area contributed by atoms with Crippen LogP contribution in [0.25, 0.3) is 0 Å². The minimum absolute atomic E-state index is 0.0165. The average Bonchev–Trinajstić information content (AvgIpc) is 2.02. The zero-order chi connectivity index (χ0) is 9.42. The first kappa shape index (κ1) is 9.04. The van der Waals surface area contributed by atoms with Crippen molar-refractivity contribution in [3.63, 3.8) is 0 Å². The maximum absolute atomic E-state index is 11.2. The highest BCUT2D eigenvalue weighted by Gasteiger charge is 2.39. The minimum atomic E-state index is 0.0165. The van der Waals surface area contributed by atoms with Crippen molar-refractivity contribution in [1.82, 2.24) is 0 Å². The first-order chi connectivity index (χ1) is 6.16. The molecule has 2 aliphatic rings. The molecule has 0 spiro atoms. The molecule has 2 nitrogen and oxygen atoms in total. The molecular formula is C11H18O2. The van der Waals surface area contributed by atoms with Gasteiger partial charge in [-0.1, -0.05) is 20.3 Å². The molecule has 2 rings (SSSR count). The highest BCUT2D eigenvalue weighted by molar-refractivity contribution is 5.70. The van der Waals surface area contributed by atoms with Crippen LogP contribution in [0.3, 0.4) is 0 Å². The summed E-state index contributed by atoms with van der Waals surface area (Å²) in [5.41, 5.74) is 0. The summed E-state index contributed by atoms with van der Waals surface area (Å²) in [6.45, 7) is 4.44. The summed E-state index contributed by atoms with van der Waals surface area (Å²) in [6.07, 6.45) is 4.51. The van der Waals surface area contributed by atoms with E-state index in [1.165, 1.54) is 12.8 Å². The summed E-state index contributed by atoms with van der Waals surface area (Å²) in [7, 11) is 0. The Labute approximate surface area is 79.7 Å². The third-order valence-corrected chi connectivity index (χ3v) is 3.61. The molecule has 1 heterocycles. The number of carbonyl (C=O) groups is 1. The van der Waals surface area contributed by atoms with Crippen LogP contribution in [0.5, 0.6) is 0 Å². The molecule has 4 atom stereocenters. The number of esters is 1. The van der Waals surface area contributed by atoms with E-state index >= 15 is 0 Å². The van der Waals surface area contributed by atoms with Crippen LogP contribution in [0, 0.1) is 17.8 Å². The molecule has 1 saturated carbocycles. The predicted octanol–water partition coefficient (Wildman–Crippen LogP) is 2.37. The van der Waals surface area contributed by atoms with E-state index in [4.69, 9.17) is 4.74 Å². The van der Waals surface area contributed by atoms with Gasteiger partial charge in [0.1, 0.15) is 6.10 Å². The monoisotopic (exact) mass is 182 g/mol. The van der Waals surface area contributed by atoms with Crippen molar-refractivity contribution in [2.75, 3.05) is 0 Å². The first-order valence-electron chi connectivity index (χ1n) is 5.36. The maximum atomic E-state index is 11.2. The van der Waals surface area contributed by atoms with E-state index in [0.29, 0.717) is 18.3 Å². The standard InChI is InChI=1S/C11H18O2/c1-7-3-4-9-8(2)6-11(12)13-10(9)5-7/h7-10H,3-6H2,1-2H3/t7-,8+,9-,10-/m1/s1. The number of carbonyl (C=O) groups excluding carboxylic acids is 1.